The van der Waals surface area contributed by atoms with Gasteiger partial charge >= 0.3 is 0 Å². The molecule has 1 aliphatic rings. The second-order valence-corrected chi connectivity index (χ2v) is 5.57. The van der Waals surface area contributed by atoms with Gasteiger partial charge in [0.15, 0.2) is 5.82 Å². The van der Waals surface area contributed by atoms with Gasteiger partial charge in [-0.2, -0.15) is 4.98 Å². The molecule has 0 atom stereocenters. The van der Waals surface area contributed by atoms with Crippen LogP contribution in [-0.4, -0.2) is 41.3 Å². The minimum absolute atomic E-state index is 0.124. The summed E-state index contributed by atoms with van der Waals surface area (Å²) in [6.07, 6.45) is 4.27. The molecule has 2 N–H and O–H groups in total. The van der Waals surface area contributed by atoms with Crippen LogP contribution in [0.3, 0.4) is 0 Å². The predicted molar refractivity (Wildman–Crippen MR) is 77.8 cm³/mol. The van der Waals surface area contributed by atoms with Crippen molar-refractivity contribution in [3.8, 4) is 0 Å². The third kappa shape index (κ3) is 3.70. The summed E-state index contributed by atoms with van der Waals surface area (Å²) >= 11 is 6.15. The average molecular weight is 285 g/mol. The summed E-state index contributed by atoms with van der Waals surface area (Å²) in [6, 6.07) is 0. The van der Waals surface area contributed by atoms with E-state index in [0.717, 1.165) is 38.2 Å². The van der Waals surface area contributed by atoms with Gasteiger partial charge in [-0.1, -0.05) is 18.5 Å². The third-order valence-corrected chi connectivity index (χ3v) is 3.63. The predicted octanol–water partition coefficient (Wildman–Crippen LogP) is 2.16. The molecule has 6 heteroatoms. The van der Waals surface area contributed by atoms with Gasteiger partial charge in [0.1, 0.15) is 5.02 Å². The van der Waals surface area contributed by atoms with Crippen LogP contribution >= 0.6 is 11.6 Å². The van der Waals surface area contributed by atoms with Crippen molar-refractivity contribution in [1.82, 2.24) is 9.97 Å². The fraction of sp³-hybridized carbons (Fsp3) is 0.692. The first-order chi connectivity index (χ1) is 9.10. The first-order valence-corrected chi connectivity index (χ1v) is 7.13. The number of hydrogen-bond acceptors (Lipinski definition) is 5. The lowest BCUT2D eigenvalue weighted by atomic mass is 9.82. The molecule has 0 radical (unpaired) electrons. The van der Waals surface area contributed by atoms with Crippen LogP contribution in [0.2, 0.25) is 5.02 Å². The summed E-state index contributed by atoms with van der Waals surface area (Å²) < 4.78 is 0. The molecule has 0 aromatic carbocycles. The van der Waals surface area contributed by atoms with Crippen LogP contribution in [0.4, 0.5) is 11.8 Å². The maximum atomic E-state index is 9.32. The molecule has 1 heterocycles. The van der Waals surface area contributed by atoms with Crippen molar-refractivity contribution in [3.05, 3.63) is 11.2 Å². The van der Waals surface area contributed by atoms with Gasteiger partial charge in [-0.15, -0.1) is 0 Å². The van der Waals surface area contributed by atoms with E-state index in [1.54, 1.807) is 6.20 Å². The molecule has 1 aromatic heterocycles. The molecule has 1 saturated carbocycles. The van der Waals surface area contributed by atoms with Gasteiger partial charge in [-0.05, 0) is 25.2 Å². The van der Waals surface area contributed by atoms with E-state index < -0.39 is 0 Å². The van der Waals surface area contributed by atoms with Crippen LogP contribution in [0.5, 0.6) is 0 Å². The standard InChI is InChI=1S/C13H21ClN4O/c1-3-4-15-13-16-7-11(14)12(17-13)18(2)8-9-5-10(19)6-9/h7,9-10,19H,3-6,8H2,1-2H3,(H,15,16,17). The van der Waals surface area contributed by atoms with Crippen molar-refractivity contribution in [2.75, 3.05) is 30.4 Å². The van der Waals surface area contributed by atoms with E-state index in [1.807, 2.05) is 11.9 Å². The van der Waals surface area contributed by atoms with Crippen molar-refractivity contribution in [1.29, 1.82) is 0 Å². The highest BCUT2D eigenvalue weighted by atomic mass is 35.5. The summed E-state index contributed by atoms with van der Waals surface area (Å²) in [4.78, 5) is 10.7. The van der Waals surface area contributed by atoms with Crippen LogP contribution in [0.15, 0.2) is 6.20 Å². The molecule has 5 nitrogen and oxygen atoms in total. The number of halogens is 1. The van der Waals surface area contributed by atoms with Crippen LogP contribution in [0.1, 0.15) is 26.2 Å². The van der Waals surface area contributed by atoms with Crippen molar-refractivity contribution in [2.24, 2.45) is 5.92 Å². The Morgan fingerprint density at radius 3 is 2.89 bits per heavy atom. The zero-order chi connectivity index (χ0) is 13.8. The van der Waals surface area contributed by atoms with Crippen molar-refractivity contribution >= 4 is 23.4 Å². The first kappa shape index (κ1) is 14.3. The second-order valence-electron chi connectivity index (χ2n) is 5.16. The van der Waals surface area contributed by atoms with Gasteiger partial charge in [0.25, 0.3) is 0 Å². The van der Waals surface area contributed by atoms with E-state index >= 15 is 0 Å². The molecule has 0 unspecified atom stereocenters. The second kappa shape index (κ2) is 6.39. The first-order valence-electron chi connectivity index (χ1n) is 6.75. The number of nitrogens with one attached hydrogen (secondary N) is 1. The molecule has 1 aromatic rings. The maximum Gasteiger partial charge on any atom is 0.224 e. The lowest BCUT2D eigenvalue weighted by Crippen LogP contribution is -2.37. The Labute approximate surface area is 119 Å². The quantitative estimate of drug-likeness (QED) is 0.838. The highest BCUT2D eigenvalue weighted by Gasteiger charge is 2.28. The van der Waals surface area contributed by atoms with Gasteiger partial charge in [-0.3, -0.25) is 0 Å². The van der Waals surface area contributed by atoms with E-state index in [0.29, 0.717) is 16.9 Å². The van der Waals surface area contributed by atoms with Gasteiger partial charge in [0.2, 0.25) is 5.95 Å². The molecule has 1 fully saturated rings. The van der Waals surface area contributed by atoms with Crippen LogP contribution in [0, 0.1) is 5.92 Å². The molecular weight excluding hydrogens is 264 g/mol. The smallest absolute Gasteiger partial charge is 0.224 e. The molecule has 19 heavy (non-hydrogen) atoms. The van der Waals surface area contributed by atoms with E-state index in [9.17, 15) is 5.11 Å². The summed E-state index contributed by atoms with van der Waals surface area (Å²) in [5.41, 5.74) is 0. The van der Waals surface area contributed by atoms with E-state index in [1.165, 1.54) is 0 Å². The average Bonchev–Trinajstić information content (AvgIpc) is 2.35. The van der Waals surface area contributed by atoms with E-state index in [2.05, 4.69) is 22.2 Å². The maximum absolute atomic E-state index is 9.32. The van der Waals surface area contributed by atoms with E-state index in [-0.39, 0.29) is 6.10 Å². The lowest BCUT2D eigenvalue weighted by molar-refractivity contribution is 0.0464. The molecular formula is C13H21ClN4O. The van der Waals surface area contributed by atoms with Gasteiger partial charge < -0.3 is 15.3 Å². The molecule has 0 spiro atoms. The highest BCUT2D eigenvalue weighted by molar-refractivity contribution is 6.32. The third-order valence-electron chi connectivity index (χ3n) is 3.36. The fourth-order valence-corrected chi connectivity index (χ4v) is 2.51. The summed E-state index contributed by atoms with van der Waals surface area (Å²) in [5, 5.41) is 13.0. The minimum Gasteiger partial charge on any atom is -0.393 e. The SMILES string of the molecule is CCCNc1ncc(Cl)c(N(C)CC2CC(O)C2)n1. The number of nitrogens with zero attached hydrogens (tertiary/aromatic N) is 3. The van der Waals surface area contributed by atoms with Crippen molar-refractivity contribution < 1.29 is 5.11 Å². The minimum atomic E-state index is -0.124. The van der Waals surface area contributed by atoms with Crippen molar-refractivity contribution in [3.63, 3.8) is 0 Å². The topological polar surface area (TPSA) is 61.3 Å². The molecule has 106 valence electrons. The van der Waals surface area contributed by atoms with Crippen LogP contribution < -0.4 is 10.2 Å². The normalized spacial score (nSPS) is 21.9. The zero-order valence-corrected chi connectivity index (χ0v) is 12.2. The lowest BCUT2D eigenvalue weighted by Gasteiger charge is -2.35. The summed E-state index contributed by atoms with van der Waals surface area (Å²) in [5.74, 6) is 1.89. The Hall–Kier alpha value is -1.07. The zero-order valence-electron chi connectivity index (χ0n) is 11.4. The number of aromatic nitrogens is 2. The van der Waals surface area contributed by atoms with Gasteiger partial charge in [-0.25, -0.2) is 4.98 Å². The van der Waals surface area contributed by atoms with Gasteiger partial charge in [0.05, 0.1) is 12.3 Å². The fourth-order valence-electron chi connectivity index (χ4n) is 2.27. The Morgan fingerprint density at radius 2 is 2.26 bits per heavy atom. The molecule has 0 bridgehead atoms. The molecule has 2 rings (SSSR count). The van der Waals surface area contributed by atoms with Crippen LogP contribution in [0.25, 0.3) is 0 Å². The number of rotatable bonds is 6. The van der Waals surface area contributed by atoms with Crippen LogP contribution in [-0.2, 0) is 0 Å². The van der Waals surface area contributed by atoms with E-state index in [4.69, 9.17) is 11.6 Å². The Morgan fingerprint density at radius 1 is 1.53 bits per heavy atom. The number of aliphatic hydroxyl groups excluding tert-OH is 1. The summed E-state index contributed by atoms with van der Waals surface area (Å²) in [7, 11) is 1.97. The number of hydrogen-bond donors (Lipinski definition) is 2. The summed E-state index contributed by atoms with van der Waals surface area (Å²) in [6.45, 7) is 3.80. The molecule has 0 saturated heterocycles. The van der Waals surface area contributed by atoms with Gasteiger partial charge in [0, 0.05) is 20.1 Å². The van der Waals surface area contributed by atoms with Crippen molar-refractivity contribution in [2.45, 2.75) is 32.3 Å². The highest BCUT2D eigenvalue weighted by Crippen LogP contribution is 2.30. The number of anilines is 2. The Kier molecular flexibility index (Phi) is 4.82. The Balaban J connectivity index is 2.00. The molecule has 0 aliphatic heterocycles. The largest absolute Gasteiger partial charge is 0.393 e. The number of aliphatic hydroxyl groups is 1. The monoisotopic (exact) mass is 284 g/mol. The molecule has 0 amide bonds. The molecule has 1 aliphatic carbocycles. The Bertz CT molecular complexity index is 423.